The fraction of sp³-hybridized carbons (Fsp3) is 0.500. The first-order chi connectivity index (χ1) is 11.5. The van der Waals surface area contributed by atoms with Crippen LogP contribution in [0.2, 0.25) is 0 Å². The summed E-state index contributed by atoms with van der Waals surface area (Å²) in [4.78, 5) is 43.3. The largest absolute Gasteiger partial charge is 0.351 e. The van der Waals surface area contributed by atoms with Gasteiger partial charge in [-0.05, 0) is 25.3 Å². The Bertz CT molecular complexity index is 855. The van der Waals surface area contributed by atoms with E-state index in [-0.39, 0.29) is 17.4 Å². The Morgan fingerprint density at radius 1 is 1.42 bits per heavy atom. The predicted octanol–water partition coefficient (Wildman–Crippen LogP) is 1.05. The standard InChI is InChI=1S/C16H20N4O3S/c1-10-12-15(18-9-19(2)16(12)23)24-13(10)14(22)17-6-4-8-20-7-3-5-11(20)21/h9H,3-8H2,1-2H3,(H,17,22). The summed E-state index contributed by atoms with van der Waals surface area (Å²) in [5.74, 6) is 0.00824. The molecule has 0 aliphatic carbocycles. The molecule has 1 aliphatic heterocycles. The molecule has 8 heteroatoms. The molecule has 2 aromatic heterocycles. The van der Waals surface area contributed by atoms with Crippen molar-refractivity contribution in [2.45, 2.75) is 26.2 Å². The molecule has 3 heterocycles. The first-order valence-corrected chi connectivity index (χ1v) is 8.81. The average Bonchev–Trinajstić information content (AvgIpc) is 3.11. The van der Waals surface area contributed by atoms with Gasteiger partial charge in [-0.15, -0.1) is 11.3 Å². The zero-order valence-corrected chi connectivity index (χ0v) is 14.6. The number of likely N-dealkylation sites (tertiary alicyclic amines) is 1. The number of nitrogens with one attached hydrogen (secondary N) is 1. The van der Waals surface area contributed by atoms with Crippen LogP contribution in [-0.4, -0.2) is 45.9 Å². The Kier molecular flexibility index (Phi) is 4.66. The van der Waals surface area contributed by atoms with E-state index >= 15 is 0 Å². The number of amides is 2. The molecule has 3 rings (SSSR count). The fourth-order valence-corrected chi connectivity index (χ4v) is 3.97. The second kappa shape index (κ2) is 6.72. The van der Waals surface area contributed by atoms with Crippen LogP contribution in [-0.2, 0) is 11.8 Å². The number of carbonyl (C=O) groups excluding carboxylic acids is 2. The predicted molar refractivity (Wildman–Crippen MR) is 92.4 cm³/mol. The van der Waals surface area contributed by atoms with Crippen molar-refractivity contribution in [3.8, 4) is 0 Å². The lowest BCUT2D eigenvalue weighted by molar-refractivity contribution is -0.127. The molecule has 2 aromatic rings. The third-order valence-electron chi connectivity index (χ3n) is 4.28. The van der Waals surface area contributed by atoms with Gasteiger partial charge in [-0.1, -0.05) is 0 Å². The van der Waals surface area contributed by atoms with Gasteiger partial charge in [0.15, 0.2) is 0 Å². The van der Waals surface area contributed by atoms with E-state index in [1.54, 1.807) is 14.0 Å². The van der Waals surface area contributed by atoms with E-state index in [0.29, 0.717) is 40.2 Å². The van der Waals surface area contributed by atoms with Crippen molar-refractivity contribution in [3.05, 3.63) is 27.1 Å². The third kappa shape index (κ3) is 3.06. The molecular formula is C16H20N4O3S. The quantitative estimate of drug-likeness (QED) is 0.819. The van der Waals surface area contributed by atoms with Gasteiger partial charge in [0.2, 0.25) is 5.91 Å². The zero-order chi connectivity index (χ0) is 17.3. The lowest BCUT2D eigenvalue weighted by atomic mass is 10.2. The summed E-state index contributed by atoms with van der Waals surface area (Å²) in [7, 11) is 1.64. The summed E-state index contributed by atoms with van der Waals surface area (Å²) in [6, 6.07) is 0. The monoisotopic (exact) mass is 348 g/mol. The lowest BCUT2D eigenvalue weighted by Crippen LogP contribution is -2.30. The second-order valence-corrected chi connectivity index (χ2v) is 6.99. The van der Waals surface area contributed by atoms with Crippen LogP contribution in [0.5, 0.6) is 0 Å². The maximum atomic E-state index is 12.4. The van der Waals surface area contributed by atoms with E-state index < -0.39 is 0 Å². The van der Waals surface area contributed by atoms with E-state index in [0.717, 1.165) is 19.4 Å². The summed E-state index contributed by atoms with van der Waals surface area (Å²) in [6.07, 6.45) is 3.75. The number of aromatic nitrogens is 2. The van der Waals surface area contributed by atoms with Gasteiger partial charge in [-0.3, -0.25) is 14.4 Å². The van der Waals surface area contributed by atoms with Crippen molar-refractivity contribution in [2.24, 2.45) is 7.05 Å². The molecule has 1 saturated heterocycles. The molecule has 2 amide bonds. The van der Waals surface area contributed by atoms with Gasteiger partial charge in [0.25, 0.3) is 11.5 Å². The molecule has 0 spiro atoms. The number of hydrogen-bond donors (Lipinski definition) is 1. The van der Waals surface area contributed by atoms with Crippen LogP contribution < -0.4 is 10.9 Å². The first kappa shape index (κ1) is 16.6. The van der Waals surface area contributed by atoms with Crippen LogP contribution in [0.4, 0.5) is 0 Å². The molecule has 1 N–H and O–H groups in total. The van der Waals surface area contributed by atoms with Gasteiger partial charge >= 0.3 is 0 Å². The molecule has 24 heavy (non-hydrogen) atoms. The highest BCUT2D eigenvalue weighted by Crippen LogP contribution is 2.26. The van der Waals surface area contributed by atoms with E-state index in [9.17, 15) is 14.4 Å². The molecule has 128 valence electrons. The molecule has 0 bridgehead atoms. The van der Waals surface area contributed by atoms with Crippen molar-refractivity contribution >= 4 is 33.4 Å². The summed E-state index contributed by atoms with van der Waals surface area (Å²) in [6.45, 7) is 3.77. The van der Waals surface area contributed by atoms with Crippen molar-refractivity contribution in [3.63, 3.8) is 0 Å². The molecule has 7 nitrogen and oxygen atoms in total. The maximum Gasteiger partial charge on any atom is 0.262 e. The Balaban J connectivity index is 1.64. The number of hydrogen-bond acceptors (Lipinski definition) is 5. The van der Waals surface area contributed by atoms with Crippen molar-refractivity contribution in [1.82, 2.24) is 19.8 Å². The van der Waals surface area contributed by atoms with Crippen LogP contribution in [0.15, 0.2) is 11.1 Å². The van der Waals surface area contributed by atoms with Crippen LogP contribution in [0, 0.1) is 6.92 Å². The molecule has 0 atom stereocenters. The minimum atomic E-state index is -0.190. The van der Waals surface area contributed by atoms with Crippen LogP contribution in [0.25, 0.3) is 10.2 Å². The Morgan fingerprint density at radius 2 is 2.21 bits per heavy atom. The highest BCUT2D eigenvalue weighted by Gasteiger charge is 2.20. The SMILES string of the molecule is Cc1c(C(=O)NCCCN2CCCC2=O)sc2ncn(C)c(=O)c12. The smallest absolute Gasteiger partial charge is 0.262 e. The van der Waals surface area contributed by atoms with Gasteiger partial charge in [-0.25, -0.2) is 4.98 Å². The zero-order valence-electron chi connectivity index (χ0n) is 13.8. The summed E-state index contributed by atoms with van der Waals surface area (Å²) in [5, 5.41) is 3.38. The molecule has 0 saturated carbocycles. The highest BCUT2D eigenvalue weighted by molar-refractivity contribution is 7.20. The highest BCUT2D eigenvalue weighted by atomic mass is 32.1. The Morgan fingerprint density at radius 3 is 2.92 bits per heavy atom. The average molecular weight is 348 g/mol. The summed E-state index contributed by atoms with van der Waals surface area (Å²) >= 11 is 1.24. The number of rotatable bonds is 5. The van der Waals surface area contributed by atoms with E-state index in [2.05, 4.69) is 10.3 Å². The maximum absolute atomic E-state index is 12.4. The van der Waals surface area contributed by atoms with Gasteiger partial charge in [0, 0.05) is 33.1 Å². The van der Waals surface area contributed by atoms with Crippen molar-refractivity contribution in [1.29, 1.82) is 0 Å². The number of fused-ring (bicyclic) bond motifs is 1. The number of thiophene rings is 1. The number of carbonyl (C=O) groups is 2. The van der Waals surface area contributed by atoms with Gasteiger partial charge < -0.3 is 14.8 Å². The van der Waals surface area contributed by atoms with Gasteiger partial charge in [-0.2, -0.15) is 0 Å². The van der Waals surface area contributed by atoms with E-state index in [4.69, 9.17) is 0 Å². The fourth-order valence-electron chi connectivity index (χ4n) is 2.92. The van der Waals surface area contributed by atoms with Crippen molar-refractivity contribution < 1.29 is 9.59 Å². The summed E-state index contributed by atoms with van der Waals surface area (Å²) in [5.41, 5.74) is 0.538. The molecule has 0 aromatic carbocycles. The third-order valence-corrected chi connectivity index (χ3v) is 5.48. The number of aryl methyl sites for hydroxylation is 2. The van der Waals surface area contributed by atoms with Crippen LogP contribution >= 0.6 is 11.3 Å². The van der Waals surface area contributed by atoms with Gasteiger partial charge in [0.05, 0.1) is 16.6 Å². The molecule has 0 radical (unpaired) electrons. The molecular weight excluding hydrogens is 328 g/mol. The minimum Gasteiger partial charge on any atom is -0.351 e. The van der Waals surface area contributed by atoms with E-state index in [1.165, 1.54) is 22.2 Å². The normalized spacial score (nSPS) is 14.6. The summed E-state index contributed by atoms with van der Waals surface area (Å²) < 4.78 is 1.41. The van der Waals surface area contributed by atoms with E-state index in [1.807, 2.05) is 4.90 Å². The lowest BCUT2D eigenvalue weighted by Gasteiger charge is -2.15. The van der Waals surface area contributed by atoms with Crippen molar-refractivity contribution in [2.75, 3.05) is 19.6 Å². The molecule has 1 aliphatic rings. The first-order valence-electron chi connectivity index (χ1n) is 7.99. The second-order valence-electron chi connectivity index (χ2n) is 5.99. The van der Waals surface area contributed by atoms with Crippen LogP contribution in [0.3, 0.4) is 0 Å². The van der Waals surface area contributed by atoms with Gasteiger partial charge in [0.1, 0.15) is 4.83 Å². The molecule has 1 fully saturated rings. The van der Waals surface area contributed by atoms with Crippen LogP contribution in [0.1, 0.15) is 34.5 Å². The topological polar surface area (TPSA) is 84.3 Å². The Hall–Kier alpha value is -2.22. The molecule has 0 unspecified atom stereocenters. The number of nitrogens with zero attached hydrogens (tertiary/aromatic N) is 3. The minimum absolute atomic E-state index is 0.139. The Labute approximate surface area is 143 Å².